The average molecular weight is 516 g/mol. The van der Waals surface area contributed by atoms with Crippen LogP contribution in [-0.4, -0.2) is 33.2 Å². The molecule has 0 spiro atoms. The molecule has 1 atom stereocenters. The summed E-state index contributed by atoms with van der Waals surface area (Å²) in [5, 5.41) is 16.8. The zero-order valence-corrected chi connectivity index (χ0v) is 20.9. The van der Waals surface area contributed by atoms with Crippen molar-refractivity contribution in [3.8, 4) is 10.6 Å². The van der Waals surface area contributed by atoms with Crippen molar-refractivity contribution >= 4 is 33.3 Å². The van der Waals surface area contributed by atoms with E-state index in [0.717, 1.165) is 45.8 Å². The van der Waals surface area contributed by atoms with Crippen LogP contribution < -0.4 is 10.6 Å². The van der Waals surface area contributed by atoms with E-state index in [4.69, 9.17) is 4.98 Å². The van der Waals surface area contributed by atoms with Gasteiger partial charge in [-0.15, -0.1) is 11.3 Å². The third-order valence-electron chi connectivity index (χ3n) is 5.98. The van der Waals surface area contributed by atoms with E-state index in [1.54, 1.807) is 17.4 Å². The number of alkyl halides is 3. The molecular formula is C26H28F3N5OS. The summed E-state index contributed by atoms with van der Waals surface area (Å²) >= 11 is 1.55. The van der Waals surface area contributed by atoms with Gasteiger partial charge in [-0.05, 0) is 49.1 Å². The number of benzene rings is 2. The predicted octanol–water partition coefficient (Wildman–Crippen LogP) is 6.51. The summed E-state index contributed by atoms with van der Waals surface area (Å²) in [6.45, 7) is 4.77. The number of rotatable bonds is 10. The molecule has 0 radical (unpaired) electrons. The number of aryl methyl sites for hydroxylation is 1. The van der Waals surface area contributed by atoms with Crippen molar-refractivity contribution in [2.45, 2.75) is 39.4 Å². The maximum absolute atomic E-state index is 13.1. The molecule has 4 aromatic rings. The van der Waals surface area contributed by atoms with Crippen molar-refractivity contribution in [1.29, 1.82) is 0 Å². The molecule has 10 heteroatoms. The molecule has 0 fully saturated rings. The van der Waals surface area contributed by atoms with Crippen LogP contribution in [-0.2, 0) is 12.7 Å². The number of aliphatic hydroxyl groups is 1. The van der Waals surface area contributed by atoms with Crippen molar-refractivity contribution in [1.82, 2.24) is 15.0 Å². The average Bonchev–Trinajstić information content (AvgIpc) is 3.28. The van der Waals surface area contributed by atoms with Crippen LogP contribution in [0.4, 0.5) is 24.9 Å². The van der Waals surface area contributed by atoms with Gasteiger partial charge in [0.15, 0.2) is 0 Å². The fourth-order valence-electron chi connectivity index (χ4n) is 3.87. The van der Waals surface area contributed by atoms with Crippen LogP contribution in [0.25, 0.3) is 20.8 Å². The molecule has 0 saturated carbocycles. The van der Waals surface area contributed by atoms with Gasteiger partial charge >= 0.3 is 6.18 Å². The monoisotopic (exact) mass is 515 g/mol. The summed E-state index contributed by atoms with van der Waals surface area (Å²) in [6.07, 6.45) is -2.76. The van der Waals surface area contributed by atoms with Crippen molar-refractivity contribution in [2.75, 3.05) is 23.8 Å². The van der Waals surface area contributed by atoms with Crippen molar-refractivity contribution in [3.63, 3.8) is 0 Å². The van der Waals surface area contributed by atoms with Gasteiger partial charge in [0.25, 0.3) is 0 Å². The van der Waals surface area contributed by atoms with Crippen LogP contribution in [0, 0.1) is 12.8 Å². The maximum atomic E-state index is 13.1. The Balaban J connectivity index is 1.62. The predicted molar refractivity (Wildman–Crippen MR) is 138 cm³/mol. The number of fused-ring (bicyclic) bond motifs is 1. The van der Waals surface area contributed by atoms with Crippen LogP contribution in [0.5, 0.6) is 0 Å². The SMILES string of the molecule is CCC(CO)CCNc1nc(NCc2cccc(C(F)(F)F)c2)nc(C)c1-c1nc2ccccc2s1. The molecule has 0 bridgehead atoms. The van der Waals surface area contributed by atoms with Crippen LogP contribution in [0.3, 0.4) is 0 Å². The minimum Gasteiger partial charge on any atom is -0.396 e. The van der Waals surface area contributed by atoms with Gasteiger partial charge in [0.2, 0.25) is 5.95 Å². The third kappa shape index (κ3) is 6.11. The van der Waals surface area contributed by atoms with Crippen LogP contribution in [0.1, 0.15) is 36.6 Å². The first-order valence-corrected chi connectivity index (χ1v) is 12.6. The first-order valence-electron chi connectivity index (χ1n) is 11.8. The van der Waals surface area contributed by atoms with Crippen LogP contribution in [0.15, 0.2) is 48.5 Å². The van der Waals surface area contributed by atoms with E-state index in [0.29, 0.717) is 29.6 Å². The molecule has 2 aromatic heterocycles. The second-order valence-electron chi connectivity index (χ2n) is 8.57. The van der Waals surface area contributed by atoms with Gasteiger partial charge in [-0.3, -0.25) is 0 Å². The normalized spacial score (nSPS) is 12.6. The highest BCUT2D eigenvalue weighted by Gasteiger charge is 2.30. The van der Waals surface area contributed by atoms with Gasteiger partial charge in [-0.2, -0.15) is 18.2 Å². The lowest BCUT2D eigenvalue weighted by molar-refractivity contribution is -0.137. The highest BCUT2D eigenvalue weighted by molar-refractivity contribution is 7.21. The molecule has 0 aliphatic rings. The molecule has 6 nitrogen and oxygen atoms in total. The minimum absolute atomic E-state index is 0.121. The Morgan fingerprint density at radius 3 is 2.56 bits per heavy atom. The number of anilines is 2. The number of aliphatic hydroxyl groups excluding tert-OH is 1. The van der Waals surface area contributed by atoms with E-state index in [1.807, 2.05) is 38.1 Å². The van der Waals surface area contributed by atoms with E-state index in [1.165, 1.54) is 6.07 Å². The second-order valence-corrected chi connectivity index (χ2v) is 9.60. The molecular weight excluding hydrogens is 487 g/mol. The summed E-state index contributed by atoms with van der Waals surface area (Å²) in [5.41, 5.74) is 2.16. The van der Waals surface area contributed by atoms with Gasteiger partial charge in [0.05, 0.1) is 27.0 Å². The van der Waals surface area contributed by atoms with E-state index in [2.05, 4.69) is 20.6 Å². The number of halogens is 3. The summed E-state index contributed by atoms with van der Waals surface area (Å²) in [4.78, 5) is 14.0. The van der Waals surface area contributed by atoms with Crippen LogP contribution >= 0.6 is 11.3 Å². The summed E-state index contributed by atoms with van der Waals surface area (Å²) in [5.74, 6) is 1.09. The van der Waals surface area contributed by atoms with Gasteiger partial charge in [0, 0.05) is 19.7 Å². The first kappa shape index (κ1) is 25.8. The molecule has 0 amide bonds. The Bertz CT molecular complexity index is 1290. The molecule has 3 N–H and O–H groups in total. The number of nitrogens with zero attached hydrogens (tertiary/aromatic N) is 3. The molecule has 2 heterocycles. The topological polar surface area (TPSA) is 83.0 Å². The Labute approximate surface area is 211 Å². The fraction of sp³-hybridized carbons (Fsp3) is 0.346. The quantitative estimate of drug-likeness (QED) is 0.223. The number of aromatic nitrogens is 3. The molecule has 0 saturated heterocycles. The summed E-state index contributed by atoms with van der Waals surface area (Å²) in [7, 11) is 0. The van der Waals surface area contributed by atoms with E-state index in [9.17, 15) is 18.3 Å². The van der Waals surface area contributed by atoms with Gasteiger partial charge in [0.1, 0.15) is 10.8 Å². The second kappa shape index (κ2) is 11.2. The van der Waals surface area contributed by atoms with Gasteiger partial charge in [-0.1, -0.05) is 37.6 Å². The molecule has 0 aliphatic carbocycles. The summed E-state index contributed by atoms with van der Waals surface area (Å²) < 4.78 is 40.3. The standard InChI is InChI=1S/C26H28F3N5OS/c1-3-17(15-35)11-12-30-23-22(24-33-20-9-4-5-10-21(20)36-24)16(2)32-25(34-23)31-14-18-7-6-8-19(13-18)26(27,28)29/h4-10,13,17,35H,3,11-12,14-15H2,1-2H3,(H2,30,31,32,34). The molecule has 1 unspecified atom stereocenters. The van der Waals surface area contributed by atoms with Gasteiger partial charge in [-0.25, -0.2) is 9.97 Å². The highest BCUT2D eigenvalue weighted by atomic mass is 32.1. The van der Waals surface area contributed by atoms with Crippen molar-refractivity contribution in [2.24, 2.45) is 5.92 Å². The lowest BCUT2D eigenvalue weighted by Crippen LogP contribution is -2.15. The molecule has 36 heavy (non-hydrogen) atoms. The third-order valence-corrected chi connectivity index (χ3v) is 7.04. The Hall–Kier alpha value is -3.24. The zero-order chi connectivity index (χ0) is 25.7. The number of para-hydroxylation sites is 1. The van der Waals surface area contributed by atoms with Gasteiger partial charge < -0.3 is 15.7 Å². The maximum Gasteiger partial charge on any atom is 0.416 e. The first-order chi connectivity index (χ1) is 17.3. The Kier molecular flexibility index (Phi) is 8.05. The minimum atomic E-state index is -4.40. The van der Waals surface area contributed by atoms with E-state index >= 15 is 0 Å². The molecule has 2 aromatic carbocycles. The van der Waals surface area contributed by atoms with Crippen molar-refractivity contribution < 1.29 is 18.3 Å². The van der Waals surface area contributed by atoms with E-state index in [-0.39, 0.29) is 19.1 Å². The lowest BCUT2D eigenvalue weighted by atomic mass is 10.0. The number of hydrogen-bond acceptors (Lipinski definition) is 7. The number of hydrogen-bond donors (Lipinski definition) is 3. The van der Waals surface area contributed by atoms with E-state index < -0.39 is 11.7 Å². The zero-order valence-electron chi connectivity index (χ0n) is 20.1. The van der Waals surface area contributed by atoms with Crippen molar-refractivity contribution in [3.05, 3.63) is 65.4 Å². The largest absolute Gasteiger partial charge is 0.416 e. The van der Waals surface area contributed by atoms with Crippen LogP contribution in [0.2, 0.25) is 0 Å². The Morgan fingerprint density at radius 1 is 1.03 bits per heavy atom. The Morgan fingerprint density at radius 2 is 1.83 bits per heavy atom. The number of thiazole rings is 1. The lowest BCUT2D eigenvalue weighted by Gasteiger charge is -2.16. The number of nitrogens with one attached hydrogen (secondary N) is 2. The summed E-state index contributed by atoms with van der Waals surface area (Å²) in [6, 6.07) is 13.1. The fourth-order valence-corrected chi connectivity index (χ4v) is 4.94. The smallest absolute Gasteiger partial charge is 0.396 e. The highest BCUT2D eigenvalue weighted by Crippen LogP contribution is 2.36. The molecule has 0 aliphatic heterocycles. The molecule has 4 rings (SSSR count). The molecule has 190 valence electrons.